The second kappa shape index (κ2) is 7.67. The molecule has 134 valence electrons. The predicted octanol–water partition coefficient (Wildman–Crippen LogP) is 3.90. The van der Waals surface area contributed by atoms with Gasteiger partial charge in [-0.05, 0) is 44.4 Å². The highest BCUT2D eigenvalue weighted by molar-refractivity contribution is 7.22. The van der Waals surface area contributed by atoms with Crippen LogP contribution in [0.2, 0.25) is 0 Å². The maximum Gasteiger partial charge on any atom is 0.226 e. The molecule has 0 bridgehead atoms. The van der Waals surface area contributed by atoms with Crippen LogP contribution in [0.25, 0.3) is 10.2 Å². The third-order valence-electron chi connectivity index (χ3n) is 4.44. The Morgan fingerprint density at radius 2 is 2.15 bits per heavy atom. The van der Waals surface area contributed by atoms with Gasteiger partial charge in [-0.1, -0.05) is 23.5 Å². The van der Waals surface area contributed by atoms with E-state index in [0.717, 1.165) is 32.7 Å². The van der Waals surface area contributed by atoms with E-state index in [-0.39, 0.29) is 5.91 Å². The van der Waals surface area contributed by atoms with Crippen molar-refractivity contribution in [3.05, 3.63) is 40.7 Å². The number of carbonyl (C=O) groups excluding carboxylic acids is 1. The number of nitriles is 1. The molecule has 0 aliphatic carbocycles. The molecule has 2 heterocycles. The Kier molecular flexibility index (Phi) is 5.33. The van der Waals surface area contributed by atoms with E-state index in [1.807, 2.05) is 43.7 Å². The van der Waals surface area contributed by atoms with Gasteiger partial charge < -0.3 is 5.32 Å². The zero-order valence-corrected chi connectivity index (χ0v) is 16.0. The van der Waals surface area contributed by atoms with Gasteiger partial charge in [0.15, 0.2) is 5.13 Å². The van der Waals surface area contributed by atoms with E-state index >= 15 is 0 Å². The number of hydrogen-bond acceptors (Lipinski definition) is 5. The highest BCUT2D eigenvalue weighted by atomic mass is 32.1. The summed E-state index contributed by atoms with van der Waals surface area (Å²) in [6.07, 6.45) is 1.43. The number of hydrogen-bond donors (Lipinski definition) is 1. The molecule has 0 aliphatic heterocycles. The standard InChI is InChI=1S/C19H21N5OS/c1-12-6-4-7-16-18(12)22-19(26-16)21-17(25)9-8-15-13(2)23-24(14(15)3)11-5-10-20/h4,6-7H,5,8-9,11H2,1-3H3,(H,21,22,25). The minimum atomic E-state index is -0.0507. The number of thiazole rings is 1. The van der Waals surface area contributed by atoms with E-state index in [1.54, 1.807) is 0 Å². The lowest BCUT2D eigenvalue weighted by molar-refractivity contribution is -0.116. The Morgan fingerprint density at radius 1 is 1.35 bits per heavy atom. The van der Waals surface area contributed by atoms with Crippen LogP contribution in [-0.2, 0) is 17.8 Å². The first kappa shape index (κ1) is 18.1. The number of benzene rings is 1. The van der Waals surface area contributed by atoms with Crippen molar-refractivity contribution in [3.63, 3.8) is 0 Å². The molecule has 0 saturated heterocycles. The summed E-state index contributed by atoms with van der Waals surface area (Å²) in [5, 5.41) is 16.7. The molecular formula is C19H21N5OS. The number of fused-ring (bicyclic) bond motifs is 1. The van der Waals surface area contributed by atoms with Gasteiger partial charge in [-0.2, -0.15) is 10.4 Å². The Hall–Kier alpha value is -2.72. The monoisotopic (exact) mass is 367 g/mol. The number of aryl methyl sites for hydroxylation is 3. The Labute approximate surface area is 156 Å². The van der Waals surface area contributed by atoms with Crippen LogP contribution in [0.3, 0.4) is 0 Å². The summed E-state index contributed by atoms with van der Waals surface area (Å²) in [5.74, 6) is -0.0507. The van der Waals surface area contributed by atoms with E-state index in [4.69, 9.17) is 5.26 Å². The second-order valence-corrected chi connectivity index (χ2v) is 7.30. The molecule has 1 amide bonds. The van der Waals surface area contributed by atoms with Gasteiger partial charge in [0.2, 0.25) is 5.91 Å². The first-order chi connectivity index (χ1) is 12.5. The Morgan fingerprint density at radius 3 is 2.88 bits per heavy atom. The number of nitrogens with one attached hydrogen (secondary N) is 1. The lowest BCUT2D eigenvalue weighted by Gasteiger charge is -2.04. The molecule has 0 aliphatic rings. The van der Waals surface area contributed by atoms with Crippen LogP contribution in [0, 0.1) is 32.1 Å². The Balaban J connectivity index is 1.64. The fourth-order valence-corrected chi connectivity index (χ4v) is 3.99. The molecule has 3 aromatic rings. The molecule has 26 heavy (non-hydrogen) atoms. The molecule has 6 nitrogen and oxygen atoms in total. The van der Waals surface area contributed by atoms with Gasteiger partial charge in [0.1, 0.15) is 0 Å². The van der Waals surface area contributed by atoms with Crippen molar-refractivity contribution in [2.75, 3.05) is 5.32 Å². The number of anilines is 1. The van der Waals surface area contributed by atoms with Crippen molar-refractivity contribution < 1.29 is 4.79 Å². The fourth-order valence-electron chi connectivity index (χ4n) is 3.03. The molecule has 0 radical (unpaired) electrons. The Bertz CT molecular complexity index is 995. The largest absolute Gasteiger partial charge is 0.302 e. The maximum absolute atomic E-state index is 12.3. The third-order valence-corrected chi connectivity index (χ3v) is 5.37. The maximum atomic E-state index is 12.3. The second-order valence-electron chi connectivity index (χ2n) is 6.27. The summed E-state index contributed by atoms with van der Waals surface area (Å²) in [4.78, 5) is 16.9. The average Bonchev–Trinajstić information content (AvgIpc) is 3.13. The topological polar surface area (TPSA) is 83.6 Å². The zero-order chi connectivity index (χ0) is 18.7. The molecule has 3 rings (SSSR count). The molecule has 0 spiro atoms. The smallest absolute Gasteiger partial charge is 0.226 e. The zero-order valence-electron chi connectivity index (χ0n) is 15.2. The van der Waals surface area contributed by atoms with Crippen molar-refractivity contribution in [2.45, 2.75) is 46.6 Å². The molecule has 1 aromatic carbocycles. The van der Waals surface area contributed by atoms with E-state index in [2.05, 4.69) is 21.5 Å². The fraction of sp³-hybridized carbons (Fsp3) is 0.368. The molecule has 0 saturated carbocycles. The van der Waals surface area contributed by atoms with Gasteiger partial charge in [0.25, 0.3) is 0 Å². The quantitative estimate of drug-likeness (QED) is 0.716. The number of rotatable bonds is 6. The molecule has 0 atom stereocenters. The van der Waals surface area contributed by atoms with Crippen LogP contribution in [0.5, 0.6) is 0 Å². The number of carbonyl (C=O) groups is 1. The molecule has 0 unspecified atom stereocenters. The number of aromatic nitrogens is 3. The van der Waals surface area contributed by atoms with E-state index in [9.17, 15) is 4.79 Å². The SMILES string of the molecule is Cc1nn(CCC#N)c(C)c1CCC(=O)Nc1nc2c(C)cccc2s1. The van der Waals surface area contributed by atoms with Gasteiger partial charge in [-0.15, -0.1) is 0 Å². The number of nitrogens with zero attached hydrogens (tertiary/aromatic N) is 4. The lowest BCUT2D eigenvalue weighted by atomic mass is 10.1. The molecule has 1 N–H and O–H groups in total. The molecule has 2 aromatic heterocycles. The van der Waals surface area contributed by atoms with Crippen LogP contribution in [0.1, 0.15) is 35.4 Å². The van der Waals surface area contributed by atoms with E-state index in [1.165, 1.54) is 11.3 Å². The van der Waals surface area contributed by atoms with Gasteiger partial charge in [0.05, 0.1) is 34.9 Å². The van der Waals surface area contributed by atoms with Crippen LogP contribution in [0.4, 0.5) is 5.13 Å². The van der Waals surface area contributed by atoms with Crippen molar-refractivity contribution in [1.29, 1.82) is 5.26 Å². The van der Waals surface area contributed by atoms with Crippen molar-refractivity contribution in [3.8, 4) is 6.07 Å². The summed E-state index contributed by atoms with van der Waals surface area (Å²) in [6.45, 7) is 6.53. The third kappa shape index (κ3) is 3.75. The van der Waals surface area contributed by atoms with Gasteiger partial charge in [0, 0.05) is 12.1 Å². The minimum absolute atomic E-state index is 0.0507. The summed E-state index contributed by atoms with van der Waals surface area (Å²) in [5.41, 5.74) is 5.08. The van der Waals surface area contributed by atoms with Crippen LogP contribution in [0.15, 0.2) is 18.2 Å². The average molecular weight is 367 g/mol. The van der Waals surface area contributed by atoms with Crippen molar-refractivity contribution >= 4 is 32.6 Å². The molecule has 0 fully saturated rings. The van der Waals surface area contributed by atoms with Gasteiger partial charge >= 0.3 is 0 Å². The van der Waals surface area contributed by atoms with Crippen LogP contribution >= 0.6 is 11.3 Å². The number of amides is 1. The van der Waals surface area contributed by atoms with Crippen LogP contribution < -0.4 is 5.32 Å². The summed E-state index contributed by atoms with van der Waals surface area (Å²) < 4.78 is 2.92. The number of para-hydroxylation sites is 1. The van der Waals surface area contributed by atoms with Crippen molar-refractivity contribution in [2.24, 2.45) is 0 Å². The summed E-state index contributed by atoms with van der Waals surface area (Å²) in [7, 11) is 0. The van der Waals surface area contributed by atoms with Gasteiger partial charge in [-0.25, -0.2) is 4.98 Å². The van der Waals surface area contributed by atoms with E-state index in [0.29, 0.717) is 30.9 Å². The molecular weight excluding hydrogens is 346 g/mol. The minimum Gasteiger partial charge on any atom is -0.302 e. The first-order valence-electron chi connectivity index (χ1n) is 8.55. The molecule has 7 heteroatoms. The predicted molar refractivity (Wildman–Crippen MR) is 103 cm³/mol. The van der Waals surface area contributed by atoms with Gasteiger partial charge in [-0.3, -0.25) is 9.48 Å². The lowest BCUT2D eigenvalue weighted by Crippen LogP contribution is -2.12. The normalized spacial score (nSPS) is 10.8. The summed E-state index contributed by atoms with van der Waals surface area (Å²) >= 11 is 1.49. The van der Waals surface area contributed by atoms with Crippen molar-refractivity contribution in [1.82, 2.24) is 14.8 Å². The summed E-state index contributed by atoms with van der Waals surface area (Å²) in [6, 6.07) is 8.16. The first-order valence-corrected chi connectivity index (χ1v) is 9.37. The van der Waals surface area contributed by atoms with E-state index < -0.39 is 0 Å². The van der Waals surface area contributed by atoms with Crippen LogP contribution in [-0.4, -0.2) is 20.7 Å². The highest BCUT2D eigenvalue weighted by Crippen LogP contribution is 2.28. The highest BCUT2D eigenvalue weighted by Gasteiger charge is 2.14.